The number of benzene rings is 2. The third-order valence-corrected chi connectivity index (χ3v) is 4.07. The monoisotopic (exact) mass is 307 g/mol. The van der Waals surface area contributed by atoms with E-state index in [0.29, 0.717) is 10.9 Å². The first-order chi connectivity index (χ1) is 9.52. The molecule has 2 aromatic rings. The fraction of sp³-hybridized carbons (Fsp3) is 0.294. The van der Waals surface area contributed by atoms with Crippen LogP contribution < -0.4 is 5.32 Å². The van der Waals surface area contributed by atoms with E-state index >= 15 is 0 Å². The predicted octanol–water partition coefficient (Wildman–Crippen LogP) is 5.43. The molecule has 0 bridgehead atoms. The molecule has 0 aliphatic carbocycles. The maximum Gasteiger partial charge on any atom is 0.0589 e. The predicted molar refractivity (Wildman–Crippen MR) is 87.9 cm³/mol. The summed E-state index contributed by atoms with van der Waals surface area (Å²) in [5.41, 5.74) is 3.51. The summed E-state index contributed by atoms with van der Waals surface area (Å²) in [4.78, 5) is 0. The summed E-state index contributed by atoms with van der Waals surface area (Å²) in [7, 11) is 1.93. The molecule has 3 heteroatoms. The number of hydrogen-bond acceptors (Lipinski definition) is 1. The van der Waals surface area contributed by atoms with Crippen molar-refractivity contribution in [3.63, 3.8) is 0 Å². The van der Waals surface area contributed by atoms with Gasteiger partial charge in [0.2, 0.25) is 0 Å². The van der Waals surface area contributed by atoms with Crippen molar-refractivity contribution in [1.29, 1.82) is 0 Å². The molecule has 1 atom stereocenters. The van der Waals surface area contributed by atoms with E-state index in [1.54, 1.807) is 0 Å². The lowest BCUT2D eigenvalue weighted by Gasteiger charge is -2.19. The molecule has 20 heavy (non-hydrogen) atoms. The van der Waals surface area contributed by atoms with Crippen molar-refractivity contribution in [2.45, 2.75) is 25.8 Å². The molecule has 0 aromatic heterocycles. The lowest BCUT2D eigenvalue weighted by Crippen LogP contribution is -2.18. The number of rotatable bonds is 4. The van der Waals surface area contributed by atoms with E-state index in [2.05, 4.69) is 43.4 Å². The maximum atomic E-state index is 6.30. The zero-order chi connectivity index (χ0) is 14.7. The Hall–Kier alpha value is -1.02. The summed E-state index contributed by atoms with van der Waals surface area (Å²) >= 11 is 12.4. The molecule has 0 aliphatic heterocycles. The molecule has 0 fully saturated rings. The van der Waals surface area contributed by atoms with Crippen LogP contribution in [0, 0.1) is 0 Å². The Bertz CT molecular complexity index is 576. The van der Waals surface area contributed by atoms with Gasteiger partial charge in [-0.25, -0.2) is 0 Å². The summed E-state index contributed by atoms with van der Waals surface area (Å²) in [6.07, 6.45) is 0. The van der Waals surface area contributed by atoms with Gasteiger partial charge in [-0.05, 0) is 47.9 Å². The van der Waals surface area contributed by atoms with Crippen molar-refractivity contribution in [2.24, 2.45) is 0 Å². The summed E-state index contributed by atoms with van der Waals surface area (Å²) in [5.74, 6) is 0.534. The number of hydrogen-bond donors (Lipinski definition) is 1. The van der Waals surface area contributed by atoms with Crippen molar-refractivity contribution >= 4 is 23.2 Å². The van der Waals surface area contributed by atoms with Crippen molar-refractivity contribution in [3.8, 4) is 0 Å². The topological polar surface area (TPSA) is 12.0 Å². The van der Waals surface area contributed by atoms with Crippen molar-refractivity contribution in [3.05, 3.63) is 69.2 Å². The van der Waals surface area contributed by atoms with Crippen LogP contribution in [0.25, 0.3) is 0 Å². The van der Waals surface area contributed by atoms with Crippen LogP contribution >= 0.6 is 23.2 Å². The minimum absolute atomic E-state index is 0.0439. The van der Waals surface area contributed by atoms with Gasteiger partial charge in [0.1, 0.15) is 0 Å². The largest absolute Gasteiger partial charge is 0.309 e. The number of halogens is 2. The number of nitrogens with one attached hydrogen (secondary N) is 1. The molecule has 0 saturated heterocycles. The van der Waals surface area contributed by atoms with Gasteiger partial charge in [-0.1, -0.05) is 61.3 Å². The zero-order valence-corrected chi connectivity index (χ0v) is 13.5. The summed E-state index contributed by atoms with van der Waals surface area (Å²) in [6.45, 7) is 4.39. The van der Waals surface area contributed by atoms with E-state index in [4.69, 9.17) is 23.2 Å². The van der Waals surface area contributed by atoms with Crippen LogP contribution in [0.2, 0.25) is 10.0 Å². The quantitative estimate of drug-likeness (QED) is 0.794. The van der Waals surface area contributed by atoms with E-state index in [9.17, 15) is 0 Å². The SMILES string of the molecule is CNC(c1ccc(C(C)C)cc1)c1cc(Cl)ccc1Cl. The molecule has 2 rings (SSSR count). The van der Waals surface area contributed by atoms with Crippen LogP contribution in [0.4, 0.5) is 0 Å². The highest BCUT2D eigenvalue weighted by Gasteiger charge is 2.15. The molecular weight excluding hydrogens is 289 g/mol. The molecule has 1 N–H and O–H groups in total. The van der Waals surface area contributed by atoms with Gasteiger partial charge in [-0.2, -0.15) is 0 Å². The van der Waals surface area contributed by atoms with Gasteiger partial charge in [0.25, 0.3) is 0 Å². The molecule has 106 valence electrons. The van der Waals surface area contributed by atoms with E-state index in [1.807, 2.05) is 25.2 Å². The van der Waals surface area contributed by atoms with Crippen LogP contribution in [0.5, 0.6) is 0 Å². The first-order valence-corrected chi connectivity index (χ1v) is 7.50. The average Bonchev–Trinajstić information content (AvgIpc) is 2.44. The molecule has 0 heterocycles. The smallest absolute Gasteiger partial charge is 0.0589 e. The van der Waals surface area contributed by atoms with Crippen LogP contribution in [-0.4, -0.2) is 7.05 Å². The molecule has 0 spiro atoms. The second-order valence-electron chi connectivity index (χ2n) is 5.21. The maximum absolute atomic E-state index is 6.30. The van der Waals surface area contributed by atoms with Crippen molar-refractivity contribution in [1.82, 2.24) is 5.32 Å². The normalized spacial score (nSPS) is 12.7. The first kappa shape index (κ1) is 15.4. The molecule has 0 radical (unpaired) electrons. The molecule has 0 saturated carbocycles. The summed E-state index contributed by atoms with van der Waals surface area (Å²) in [5, 5.41) is 4.73. The van der Waals surface area contributed by atoms with Gasteiger partial charge in [0, 0.05) is 10.0 Å². The third kappa shape index (κ3) is 3.35. The Kier molecular flexibility index (Phi) is 5.09. The van der Waals surface area contributed by atoms with Crippen LogP contribution in [0.15, 0.2) is 42.5 Å². The Morgan fingerprint density at radius 1 is 0.900 bits per heavy atom. The fourth-order valence-corrected chi connectivity index (χ4v) is 2.72. The molecule has 0 aliphatic rings. The van der Waals surface area contributed by atoms with Gasteiger partial charge in [0.15, 0.2) is 0 Å². The Morgan fingerprint density at radius 3 is 2.05 bits per heavy atom. The van der Waals surface area contributed by atoms with E-state index in [-0.39, 0.29) is 6.04 Å². The fourth-order valence-electron chi connectivity index (χ4n) is 2.31. The lowest BCUT2D eigenvalue weighted by molar-refractivity contribution is 0.691. The van der Waals surface area contributed by atoms with Gasteiger partial charge in [-0.15, -0.1) is 0 Å². The highest BCUT2D eigenvalue weighted by molar-refractivity contribution is 6.33. The minimum Gasteiger partial charge on any atom is -0.309 e. The Morgan fingerprint density at radius 2 is 1.50 bits per heavy atom. The third-order valence-electron chi connectivity index (χ3n) is 3.49. The minimum atomic E-state index is 0.0439. The van der Waals surface area contributed by atoms with Gasteiger partial charge >= 0.3 is 0 Å². The van der Waals surface area contributed by atoms with Crippen LogP contribution in [0.1, 0.15) is 42.5 Å². The highest BCUT2D eigenvalue weighted by Crippen LogP contribution is 2.31. The first-order valence-electron chi connectivity index (χ1n) is 6.75. The van der Waals surface area contributed by atoms with Crippen molar-refractivity contribution < 1.29 is 0 Å². The molecule has 0 amide bonds. The van der Waals surface area contributed by atoms with Crippen LogP contribution in [0.3, 0.4) is 0 Å². The van der Waals surface area contributed by atoms with Gasteiger partial charge in [-0.3, -0.25) is 0 Å². The Balaban J connectivity index is 2.39. The van der Waals surface area contributed by atoms with Crippen LogP contribution in [-0.2, 0) is 0 Å². The second-order valence-corrected chi connectivity index (χ2v) is 6.05. The summed E-state index contributed by atoms with van der Waals surface area (Å²) < 4.78 is 0. The van der Waals surface area contributed by atoms with E-state index < -0.39 is 0 Å². The second kappa shape index (κ2) is 6.62. The van der Waals surface area contributed by atoms with Gasteiger partial charge in [0.05, 0.1) is 6.04 Å². The van der Waals surface area contributed by atoms with E-state index in [1.165, 1.54) is 11.1 Å². The lowest BCUT2D eigenvalue weighted by atomic mass is 9.95. The van der Waals surface area contributed by atoms with Crippen molar-refractivity contribution in [2.75, 3.05) is 7.05 Å². The molecule has 1 unspecified atom stereocenters. The zero-order valence-electron chi connectivity index (χ0n) is 12.0. The summed E-state index contributed by atoms with van der Waals surface area (Å²) in [6, 6.07) is 14.2. The molecule has 1 nitrogen and oxygen atoms in total. The average molecular weight is 308 g/mol. The highest BCUT2D eigenvalue weighted by atomic mass is 35.5. The standard InChI is InChI=1S/C17H19Cl2N/c1-11(2)12-4-6-13(7-5-12)17(20-3)15-10-14(18)8-9-16(15)19/h4-11,17,20H,1-3H3. The van der Waals surface area contributed by atoms with E-state index in [0.717, 1.165) is 10.6 Å². The molecule has 2 aromatic carbocycles. The molecular formula is C17H19Cl2N. The van der Waals surface area contributed by atoms with Gasteiger partial charge < -0.3 is 5.32 Å². The Labute approximate surface area is 130 Å².